The van der Waals surface area contributed by atoms with Crippen molar-refractivity contribution in [3.05, 3.63) is 63.7 Å². The van der Waals surface area contributed by atoms with Crippen molar-refractivity contribution >= 4 is 40.9 Å². The minimum absolute atomic E-state index is 0.100. The molecule has 1 heterocycles. The number of thioether (sulfide) groups is 1. The largest absolute Gasteiger partial charge is 0.494 e. The van der Waals surface area contributed by atoms with Crippen LogP contribution in [0.15, 0.2) is 42.5 Å². The molecule has 1 unspecified atom stereocenters. The lowest BCUT2D eigenvalue weighted by Crippen LogP contribution is -2.47. The number of nitro groups is 1. The van der Waals surface area contributed by atoms with E-state index in [1.807, 2.05) is 6.26 Å². The molecule has 10 heteroatoms. The first-order valence-corrected chi connectivity index (χ1v) is 10.4. The molecule has 0 bridgehead atoms. The number of carbonyl (C=O) groups excluding carboxylic acids is 3. The fourth-order valence-corrected chi connectivity index (χ4v) is 3.67. The van der Waals surface area contributed by atoms with Crippen LogP contribution in [0.2, 0.25) is 0 Å². The smallest absolute Gasteiger partial charge is 0.273 e. The minimum atomic E-state index is -1.04. The van der Waals surface area contributed by atoms with Crippen LogP contribution in [0.25, 0.3) is 0 Å². The van der Waals surface area contributed by atoms with Gasteiger partial charge >= 0.3 is 0 Å². The number of fused-ring (bicyclic) bond motifs is 1. The molecule has 1 N–H and O–H groups in total. The van der Waals surface area contributed by atoms with Crippen molar-refractivity contribution < 1.29 is 24.0 Å². The van der Waals surface area contributed by atoms with Crippen LogP contribution in [-0.2, 0) is 4.79 Å². The topological polar surface area (TPSA) is 119 Å². The third kappa shape index (κ3) is 3.99. The van der Waals surface area contributed by atoms with Gasteiger partial charge in [0.25, 0.3) is 17.5 Å². The number of nitrogens with zero attached hydrogens (tertiary/aromatic N) is 2. The molecule has 1 aliphatic heterocycles. The quantitative estimate of drug-likeness (QED) is 0.389. The Morgan fingerprint density at radius 2 is 1.83 bits per heavy atom. The number of non-ortho nitro benzene ring substituents is 1. The summed E-state index contributed by atoms with van der Waals surface area (Å²) in [7, 11) is 1.32. The average molecular weight is 429 g/mol. The SMILES string of the molecule is COc1cc([N+](=O)[O-])ccc1NC(=O)C(CCSC)N1C(=O)c2ccccc2C1=O. The lowest BCUT2D eigenvalue weighted by molar-refractivity contribution is -0.384. The number of hydrogen-bond acceptors (Lipinski definition) is 7. The molecule has 0 radical (unpaired) electrons. The number of nitrogens with one attached hydrogen (secondary N) is 1. The van der Waals surface area contributed by atoms with Crippen LogP contribution in [0, 0.1) is 10.1 Å². The second kappa shape index (κ2) is 8.95. The monoisotopic (exact) mass is 429 g/mol. The number of hydrogen-bond donors (Lipinski definition) is 1. The molecule has 0 aliphatic carbocycles. The van der Waals surface area contributed by atoms with E-state index in [4.69, 9.17) is 4.74 Å². The van der Waals surface area contributed by atoms with E-state index < -0.39 is 28.7 Å². The van der Waals surface area contributed by atoms with Crippen LogP contribution in [0.3, 0.4) is 0 Å². The number of imide groups is 1. The predicted octanol–water partition coefficient (Wildman–Crippen LogP) is 2.96. The molecule has 0 spiro atoms. The maximum absolute atomic E-state index is 13.1. The lowest BCUT2D eigenvalue weighted by Gasteiger charge is -2.25. The number of benzene rings is 2. The van der Waals surface area contributed by atoms with Crippen molar-refractivity contribution in [1.82, 2.24) is 4.90 Å². The molecule has 0 saturated carbocycles. The Kier molecular flexibility index (Phi) is 6.36. The summed E-state index contributed by atoms with van der Waals surface area (Å²) >= 11 is 1.48. The van der Waals surface area contributed by atoms with Gasteiger partial charge in [-0.1, -0.05) is 12.1 Å². The van der Waals surface area contributed by atoms with Gasteiger partial charge in [-0.15, -0.1) is 0 Å². The van der Waals surface area contributed by atoms with Crippen molar-refractivity contribution in [3.8, 4) is 5.75 Å². The summed E-state index contributed by atoms with van der Waals surface area (Å²) in [5, 5.41) is 13.6. The van der Waals surface area contributed by atoms with Crippen LogP contribution in [0.1, 0.15) is 27.1 Å². The third-order valence-electron chi connectivity index (χ3n) is 4.69. The minimum Gasteiger partial charge on any atom is -0.494 e. The Balaban J connectivity index is 1.90. The van der Waals surface area contributed by atoms with E-state index in [0.717, 1.165) is 4.90 Å². The maximum atomic E-state index is 13.1. The molecule has 1 atom stereocenters. The highest BCUT2D eigenvalue weighted by atomic mass is 32.2. The zero-order valence-electron chi connectivity index (χ0n) is 16.3. The summed E-state index contributed by atoms with van der Waals surface area (Å²) in [6.07, 6.45) is 2.12. The molecule has 9 nitrogen and oxygen atoms in total. The molecule has 0 fully saturated rings. The summed E-state index contributed by atoms with van der Waals surface area (Å²) in [5.41, 5.74) is 0.540. The van der Waals surface area contributed by atoms with E-state index in [0.29, 0.717) is 5.75 Å². The van der Waals surface area contributed by atoms with E-state index in [1.165, 1.54) is 37.1 Å². The standard InChI is InChI=1S/C20H19N3O6S/c1-29-17-11-12(23(27)28)7-8-15(17)21-18(24)16(9-10-30-2)22-19(25)13-5-3-4-6-14(13)20(22)26/h3-8,11,16H,9-10H2,1-2H3,(H,21,24). The average Bonchev–Trinajstić information content (AvgIpc) is 2.99. The lowest BCUT2D eigenvalue weighted by atomic mass is 10.1. The highest BCUT2D eigenvalue weighted by molar-refractivity contribution is 7.98. The highest BCUT2D eigenvalue weighted by Gasteiger charge is 2.42. The molecule has 2 aromatic carbocycles. The third-order valence-corrected chi connectivity index (χ3v) is 5.33. The van der Waals surface area contributed by atoms with Crippen molar-refractivity contribution in [2.75, 3.05) is 24.4 Å². The fourth-order valence-electron chi connectivity index (χ4n) is 3.21. The summed E-state index contributed by atoms with van der Waals surface area (Å²) in [6.45, 7) is 0. The van der Waals surface area contributed by atoms with Crippen molar-refractivity contribution in [2.24, 2.45) is 0 Å². The van der Waals surface area contributed by atoms with Crippen LogP contribution in [0.4, 0.5) is 11.4 Å². The fraction of sp³-hybridized carbons (Fsp3) is 0.250. The second-order valence-electron chi connectivity index (χ2n) is 6.45. The molecule has 0 saturated heterocycles. The van der Waals surface area contributed by atoms with E-state index >= 15 is 0 Å². The number of carbonyl (C=O) groups is 3. The Morgan fingerprint density at radius 3 is 2.37 bits per heavy atom. The first kappa shape index (κ1) is 21.3. The number of ether oxygens (including phenoxy) is 1. The summed E-state index contributed by atoms with van der Waals surface area (Å²) in [4.78, 5) is 50.1. The number of nitro benzene ring substituents is 1. The van der Waals surface area contributed by atoms with Gasteiger partial charge in [0, 0.05) is 6.07 Å². The predicted molar refractivity (Wildman–Crippen MR) is 112 cm³/mol. The van der Waals surface area contributed by atoms with Crippen LogP contribution >= 0.6 is 11.8 Å². The van der Waals surface area contributed by atoms with Gasteiger partial charge in [-0.3, -0.25) is 29.4 Å². The molecular formula is C20H19N3O6S. The van der Waals surface area contributed by atoms with Crippen molar-refractivity contribution in [1.29, 1.82) is 0 Å². The van der Waals surface area contributed by atoms with Crippen LogP contribution < -0.4 is 10.1 Å². The molecule has 0 aromatic heterocycles. The summed E-state index contributed by atoms with van der Waals surface area (Å²) in [5.74, 6) is -0.975. The zero-order valence-corrected chi connectivity index (χ0v) is 17.1. The van der Waals surface area contributed by atoms with Gasteiger partial charge in [0.2, 0.25) is 5.91 Å². The molecule has 156 valence electrons. The van der Waals surface area contributed by atoms with E-state index in [-0.39, 0.29) is 34.7 Å². The van der Waals surface area contributed by atoms with Gasteiger partial charge in [-0.05, 0) is 36.6 Å². The Morgan fingerprint density at radius 1 is 1.20 bits per heavy atom. The number of amides is 3. The Labute approximate surface area is 176 Å². The van der Waals surface area contributed by atoms with Crippen molar-refractivity contribution in [2.45, 2.75) is 12.5 Å². The van der Waals surface area contributed by atoms with Gasteiger partial charge in [0.05, 0.1) is 34.9 Å². The Bertz CT molecular complexity index is 990. The zero-order chi connectivity index (χ0) is 21.8. The van der Waals surface area contributed by atoms with Crippen molar-refractivity contribution in [3.63, 3.8) is 0 Å². The van der Waals surface area contributed by atoms with E-state index in [2.05, 4.69) is 5.32 Å². The second-order valence-corrected chi connectivity index (χ2v) is 7.44. The highest BCUT2D eigenvalue weighted by Crippen LogP contribution is 2.31. The van der Waals surface area contributed by atoms with E-state index in [9.17, 15) is 24.5 Å². The van der Waals surface area contributed by atoms with Crippen LogP contribution in [-0.4, -0.2) is 52.7 Å². The molecule has 30 heavy (non-hydrogen) atoms. The van der Waals surface area contributed by atoms with Gasteiger partial charge in [-0.25, -0.2) is 0 Å². The molecule has 2 aromatic rings. The van der Waals surface area contributed by atoms with Gasteiger partial charge in [-0.2, -0.15) is 11.8 Å². The number of anilines is 1. The first-order valence-electron chi connectivity index (χ1n) is 8.98. The van der Waals surface area contributed by atoms with Gasteiger partial charge in [0.1, 0.15) is 11.8 Å². The van der Waals surface area contributed by atoms with Crippen LogP contribution in [0.5, 0.6) is 5.75 Å². The maximum Gasteiger partial charge on any atom is 0.273 e. The first-order chi connectivity index (χ1) is 14.4. The Hall–Kier alpha value is -3.40. The molecule has 1 aliphatic rings. The van der Waals surface area contributed by atoms with Gasteiger partial charge < -0.3 is 10.1 Å². The molecular weight excluding hydrogens is 410 g/mol. The van der Waals surface area contributed by atoms with Gasteiger partial charge in [0.15, 0.2) is 0 Å². The normalized spacial score (nSPS) is 13.7. The molecule has 3 rings (SSSR count). The number of methoxy groups -OCH3 is 1. The van der Waals surface area contributed by atoms with E-state index in [1.54, 1.807) is 24.3 Å². The summed E-state index contributed by atoms with van der Waals surface area (Å²) in [6, 6.07) is 9.16. The number of rotatable bonds is 8. The summed E-state index contributed by atoms with van der Waals surface area (Å²) < 4.78 is 5.15. The molecule has 3 amide bonds.